The Kier molecular flexibility index (Phi) is 4.50. The van der Waals surface area contributed by atoms with Gasteiger partial charge in [-0.25, -0.2) is 4.98 Å². The first-order valence-corrected chi connectivity index (χ1v) is 4.81. The van der Waals surface area contributed by atoms with Gasteiger partial charge in [-0.3, -0.25) is 4.79 Å². The van der Waals surface area contributed by atoms with E-state index in [1.54, 1.807) is 13.1 Å². The fourth-order valence-electron chi connectivity index (χ4n) is 1.13. The molecule has 17 heavy (non-hydrogen) atoms. The van der Waals surface area contributed by atoms with Gasteiger partial charge in [0.1, 0.15) is 19.0 Å². The molecule has 0 aromatic carbocycles. The summed E-state index contributed by atoms with van der Waals surface area (Å²) in [5.41, 5.74) is 0. The Morgan fingerprint density at radius 3 is 2.88 bits per heavy atom. The molecule has 1 amide bonds. The lowest BCUT2D eigenvalue weighted by Crippen LogP contribution is -2.32. The van der Waals surface area contributed by atoms with Crippen LogP contribution >= 0.6 is 0 Å². The second kappa shape index (κ2) is 5.67. The van der Waals surface area contributed by atoms with E-state index >= 15 is 0 Å². The summed E-state index contributed by atoms with van der Waals surface area (Å²) in [6.07, 6.45) is -1.33. The Balaban J connectivity index is 2.26. The third kappa shape index (κ3) is 5.34. The summed E-state index contributed by atoms with van der Waals surface area (Å²) < 4.78 is 39.4. The highest BCUT2D eigenvalue weighted by Gasteiger charge is 2.27. The number of hydrogen-bond acceptors (Lipinski definition) is 3. The molecular formula is C9H12F3N3O2. The van der Waals surface area contributed by atoms with E-state index in [1.807, 2.05) is 0 Å². The molecule has 1 aromatic heterocycles. The first kappa shape index (κ1) is 13.5. The molecule has 1 rings (SSSR count). The molecule has 2 N–H and O–H groups in total. The van der Waals surface area contributed by atoms with Gasteiger partial charge in [0.15, 0.2) is 0 Å². The van der Waals surface area contributed by atoms with Gasteiger partial charge in [0, 0.05) is 12.4 Å². The van der Waals surface area contributed by atoms with Crippen molar-refractivity contribution in [3.63, 3.8) is 0 Å². The fraction of sp³-hybridized carbons (Fsp3) is 0.556. The number of alkyl halides is 3. The van der Waals surface area contributed by atoms with Crippen LogP contribution < -0.4 is 5.32 Å². The molecule has 0 saturated carbocycles. The SMILES string of the molecule is CC(NC(=O)COCC(F)(F)F)c1ncc[nH]1. The van der Waals surface area contributed by atoms with Crippen molar-refractivity contribution in [2.24, 2.45) is 0 Å². The average Bonchev–Trinajstić information content (AvgIpc) is 2.67. The summed E-state index contributed by atoms with van der Waals surface area (Å²) in [6, 6.07) is -0.410. The van der Waals surface area contributed by atoms with Gasteiger partial charge < -0.3 is 15.0 Å². The van der Waals surface area contributed by atoms with Gasteiger partial charge in [0.25, 0.3) is 0 Å². The number of nitrogens with one attached hydrogen (secondary N) is 2. The Hall–Kier alpha value is -1.57. The van der Waals surface area contributed by atoms with Crippen LogP contribution in [0.15, 0.2) is 12.4 Å². The van der Waals surface area contributed by atoms with Crippen molar-refractivity contribution >= 4 is 5.91 Å². The van der Waals surface area contributed by atoms with Gasteiger partial charge in [-0.05, 0) is 6.92 Å². The zero-order valence-corrected chi connectivity index (χ0v) is 9.04. The van der Waals surface area contributed by atoms with Crippen molar-refractivity contribution in [2.45, 2.75) is 19.1 Å². The molecule has 1 aromatic rings. The highest BCUT2D eigenvalue weighted by Crippen LogP contribution is 2.14. The third-order valence-electron chi connectivity index (χ3n) is 1.81. The lowest BCUT2D eigenvalue weighted by Gasteiger charge is -2.12. The van der Waals surface area contributed by atoms with Crippen molar-refractivity contribution in [3.8, 4) is 0 Å². The van der Waals surface area contributed by atoms with E-state index in [-0.39, 0.29) is 0 Å². The van der Waals surface area contributed by atoms with Crippen molar-refractivity contribution in [1.29, 1.82) is 0 Å². The number of imidazole rings is 1. The highest BCUT2D eigenvalue weighted by atomic mass is 19.4. The standard InChI is InChI=1S/C9H12F3N3O2/c1-6(8-13-2-3-14-8)15-7(16)4-17-5-9(10,11)12/h2-3,6H,4-5H2,1H3,(H,13,14)(H,15,16). The zero-order valence-electron chi connectivity index (χ0n) is 9.04. The maximum Gasteiger partial charge on any atom is 0.411 e. The molecule has 96 valence electrons. The first-order chi connectivity index (χ1) is 7.88. The number of aromatic nitrogens is 2. The molecule has 0 aliphatic heterocycles. The van der Waals surface area contributed by atoms with E-state index in [0.29, 0.717) is 5.82 Å². The minimum atomic E-state index is -4.42. The van der Waals surface area contributed by atoms with Crippen LogP contribution in [0, 0.1) is 0 Å². The number of H-pyrrole nitrogens is 1. The quantitative estimate of drug-likeness (QED) is 0.825. The van der Waals surface area contributed by atoms with Gasteiger partial charge in [-0.2, -0.15) is 13.2 Å². The predicted octanol–water partition coefficient (Wildman–Crippen LogP) is 1.17. The number of carbonyl (C=O) groups is 1. The number of ether oxygens (including phenoxy) is 1. The van der Waals surface area contributed by atoms with E-state index in [1.165, 1.54) is 6.20 Å². The average molecular weight is 251 g/mol. The Morgan fingerprint density at radius 2 is 2.35 bits per heavy atom. The summed E-state index contributed by atoms with van der Waals surface area (Å²) in [5.74, 6) is -0.104. The number of hydrogen-bond donors (Lipinski definition) is 2. The lowest BCUT2D eigenvalue weighted by molar-refractivity contribution is -0.175. The number of nitrogens with zero attached hydrogens (tertiary/aromatic N) is 1. The molecule has 8 heteroatoms. The second-order valence-electron chi connectivity index (χ2n) is 3.37. The summed E-state index contributed by atoms with van der Waals surface area (Å²) in [7, 11) is 0. The largest absolute Gasteiger partial charge is 0.411 e. The molecule has 0 aliphatic rings. The summed E-state index contributed by atoms with van der Waals surface area (Å²) in [6.45, 7) is -0.416. The fourth-order valence-corrected chi connectivity index (χ4v) is 1.13. The van der Waals surface area contributed by atoms with Crippen LogP contribution in [0.2, 0.25) is 0 Å². The van der Waals surface area contributed by atoms with Gasteiger partial charge in [-0.1, -0.05) is 0 Å². The monoisotopic (exact) mass is 251 g/mol. The van der Waals surface area contributed by atoms with E-state index in [0.717, 1.165) is 0 Å². The summed E-state index contributed by atoms with van der Waals surface area (Å²) in [4.78, 5) is 17.9. The maximum absolute atomic E-state index is 11.7. The van der Waals surface area contributed by atoms with E-state index < -0.39 is 31.3 Å². The van der Waals surface area contributed by atoms with E-state index in [9.17, 15) is 18.0 Å². The lowest BCUT2D eigenvalue weighted by atomic mass is 10.3. The van der Waals surface area contributed by atoms with E-state index in [4.69, 9.17) is 0 Å². The van der Waals surface area contributed by atoms with Crippen molar-refractivity contribution in [1.82, 2.24) is 15.3 Å². The van der Waals surface area contributed by atoms with Crippen molar-refractivity contribution in [2.75, 3.05) is 13.2 Å². The second-order valence-corrected chi connectivity index (χ2v) is 3.37. The normalized spacial score (nSPS) is 13.4. The first-order valence-electron chi connectivity index (χ1n) is 4.81. The molecule has 5 nitrogen and oxygen atoms in total. The third-order valence-corrected chi connectivity index (χ3v) is 1.81. The topological polar surface area (TPSA) is 67.0 Å². The number of halogens is 3. The smallest absolute Gasteiger partial charge is 0.362 e. The molecule has 0 saturated heterocycles. The molecule has 0 fully saturated rings. The minimum absolute atomic E-state index is 0.410. The van der Waals surface area contributed by atoms with Crippen molar-refractivity contribution in [3.05, 3.63) is 18.2 Å². The molecule has 0 spiro atoms. The molecule has 0 bridgehead atoms. The van der Waals surface area contributed by atoms with Crippen molar-refractivity contribution < 1.29 is 22.7 Å². The van der Waals surface area contributed by atoms with Crippen LogP contribution in [0.5, 0.6) is 0 Å². The minimum Gasteiger partial charge on any atom is -0.362 e. The number of aromatic amines is 1. The summed E-state index contributed by atoms with van der Waals surface area (Å²) >= 11 is 0. The van der Waals surface area contributed by atoms with Crippen LogP contribution in [-0.2, 0) is 9.53 Å². The summed E-state index contributed by atoms with van der Waals surface area (Å²) in [5, 5.41) is 2.44. The van der Waals surface area contributed by atoms with Crippen LogP contribution in [0.3, 0.4) is 0 Å². The Labute approximate surface area is 95.4 Å². The van der Waals surface area contributed by atoms with Gasteiger partial charge in [-0.15, -0.1) is 0 Å². The molecule has 1 heterocycles. The predicted molar refractivity (Wildman–Crippen MR) is 52.0 cm³/mol. The zero-order chi connectivity index (χ0) is 12.9. The maximum atomic E-state index is 11.7. The van der Waals surface area contributed by atoms with Crippen LogP contribution in [-0.4, -0.2) is 35.3 Å². The molecular weight excluding hydrogens is 239 g/mol. The molecule has 0 radical (unpaired) electrons. The van der Waals surface area contributed by atoms with Gasteiger partial charge >= 0.3 is 6.18 Å². The van der Waals surface area contributed by atoms with E-state index in [2.05, 4.69) is 20.0 Å². The van der Waals surface area contributed by atoms with Crippen LogP contribution in [0.25, 0.3) is 0 Å². The molecule has 1 atom stereocenters. The molecule has 0 aliphatic carbocycles. The Morgan fingerprint density at radius 1 is 1.65 bits per heavy atom. The van der Waals surface area contributed by atoms with Gasteiger partial charge in [0.05, 0.1) is 6.04 Å². The van der Waals surface area contributed by atoms with Crippen LogP contribution in [0.4, 0.5) is 13.2 Å². The number of carbonyl (C=O) groups excluding carboxylic acids is 1. The molecule has 1 unspecified atom stereocenters. The highest BCUT2D eigenvalue weighted by molar-refractivity contribution is 5.77. The number of amides is 1. The van der Waals surface area contributed by atoms with Crippen LogP contribution in [0.1, 0.15) is 18.8 Å². The number of rotatable bonds is 5. The Bertz CT molecular complexity index is 351. The van der Waals surface area contributed by atoms with Gasteiger partial charge in [0.2, 0.25) is 5.91 Å².